The molecule has 2 atom stereocenters. The fourth-order valence-corrected chi connectivity index (χ4v) is 5.50. The number of hydrogen-bond acceptors (Lipinski definition) is 4. The van der Waals surface area contributed by atoms with Crippen LogP contribution in [0, 0.1) is 0 Å². The van der Waals surface area contributed by atoms with Crippen molar-refractivity contribution in [1.82, 2.24) is 9.88 Å². The van der Waals surface area contributed by atoms with Crippen molar-refractivity contribution in [3.63, 3.8) is 0 Å². The third-order valence-corrected chi connectivity index (χ3v) is 7.42. The van der Waals surface area contributed by atoms with E-state index in [4.69, 9.17) is 13.9 Å². The largest absolute Gasteiger partial charge is 0.497 e. The Hall–Kier alpha value is -4.66. The molecule has 0 radical (unpaired) electrons. The van der Waals surface area contributed by atoms with E-state index in [0.29, 0.717) is 30.2 Å². The molecule has 0 fully saturated rings. The Kier molecular flexibility index (Phi) is 6.73. The lowest BCUT2D eigenvalue weighted by atomic mass is 9.95. The minimum absolute atomic E-state index is 0.0673. The average molecular weight is 561 g/mol. The molecule has 3 heterocycles. The van der Waals surface area contributed by atoms with Crippen LogP contribution in [0.1, 0.15) is 35.5 Å². The van der Waals surface area contributed by atoms with Gasteiger partial charge in [-0.25, -0.2) is 0 Å². The summed E-state index contributed by atoms with van der Waals surface area (Å²) in [6, 6.07) is 22.5. The van der Waals surface area contributed by atoms with E-state index in [1.54, 1.807) is 37.1 Å². The summed E-state index contributed by atoms with van der Waals surface area (Å²) in [4.78, 5) is 19.0. The quantitative estimate of drug-likeness (QED) is 0.235. The van der Waals surface area contributed by atoms with Crippen LogP contribution in [0.25, 0.3) is 22.2 Å². The van der Waals surface area contributed by atoms with Gasteiger partial charge in [0.2, 0.25) is 0 Å². The Balaban J connectivity index is 1.44. The number of fused-ring (bicyclic) bond motifs is 3. The molecule has 1 aliphatic heterocycles. The van der Waals surface area contributed by atoms with E-state index in [1.807, 2.05) is 36.4 Å². The molecular weight excluding hydrogens is 533 g/mol. The van der Waals surface area contributed by atoms with Crippen LogP contribution in [0.4, 0.5) is 13.2 Å². The molecule has 9 heteroatoms. The van der Waals surface area contributed by atoms with Crippen molar-refractivity contribution < 1.29 is 31.9 Å². The molecule has 0 saturated carbocycles. The molecule has 0 saturated heterocycles. The standard InChI is InChI=1S/C32H27F3N2O4/c1-19(40-20-8-4-3-5-9-20)31(38)37-17-16-22-24-18-21(39-2)12-13-26(24)36-29(22)30(37)28-15-14-27(41-28)23-10-6-7-11-25(23)32(33,34)35/h3-15,18-19,30,36H,16-17H2,1-2H3/t19-,30+/m0/s1. The number of aromatic amines is 1. The van der Waals surface area contributed by atoms with Crippen molar-refractivity contribution in [2.75, 3.05) is 13.7 Å². The number of nitrogens with one attached hydrogen (secondary N) is 1. The first kappa shape index (κ1) is 26.6. The van der Waals surface area contributed by atoms with Crippen LogP contribution >= 0.6 is 0 Å². The van der Waals surface area contributed by atoms with Crippen LogP contribution in [0.3, 0.4) is 0 Å². The molecule has 6 rings (SSSR count). The first-order chi connectivity index (χ1) is 19.7. The Morgan fingerprint density at radius 3 is 2.51 bits per heavy atom. The number of H-pyrrole nitrogens is 1. The van der Waals surface area contributed by atoms with Crippen molar-refractivity contribution in [3.8, 4) is 22.8 Å². The van der Waals surface area contributed by atoms with Gasteiger partial charge >= 0.3 is 6.18 Å². The fraction of sp³-hybridized carbons (Fsp3) is 0.219. The Morgan fingerprint density at radius 1 is 1.00 bits per heavy atom. The maximum absolute atomic E-state index is 13.9. The number of alkyl halides is 3. The van der Waals surface area contributed by atoms with Gasteiger partial charge < -0.3 is 23.8 Å². The highest BCUT2D eigenvalue weighted by Gasteiger charge is 2.39. The Bertz CT molecular complexity index is 1710. The van der Waals surface area contributed by atoms with E-state index in [2.05, 4.69) is 4.98 Å². The van der Waals surface area contributed by atoms with Crippen molar-refractivity contribution in [2.24, 2.45) is 0 Å². The number of amides is 1. The van der Waals surface area contributed by atoms with Crippen LogP contribution in [0.5, 0.6) is 11.5 Å². The van der Waals surface area contributed by atoms with Crippen molar-refractivity contribution in [1.29, 1.82) is 0 Å². The van der Waals surface area contributed by atoms with Crippen LogP contribution in [-0.4, -0.2) is 35.5 Å². The maximum Gasteiger partial charge on any atom is 0.417 e. The second-order valence-corrected chi connectivity index (χ2v) is 9.93. The van der Waals surface area contributed by atoms with Gasteiger partial charge in [-0.05, 0) is 67.4 Å². The molecule has 0 unspecified atom stereocenters. The zero-order valence-corrected chi connectivity index (χ0v) is 22.4. The number of rotatable bonds is 6. The number of aromatic nitrogens is 1. The van der Waals surface area contributed by atoms with Gasteiger partial charge in [-0.15, -0.1) is 0 Å². The van der Waals surface area contributed by atoms with E-state index in [1.165, 1.54) is 24.3 Å². The van der Waals surface area contributed by atoms with Crippen molar-refractivity contribution >= 4 is 16.8 Å². The van der Waals surface area contributed by atoms with Gasteiger partial charge in [-0.3, -0.25) is 4.79 Å². The molecule has 6 nitrogen and oxygen atoms in total. The highest BCUT2D eigenvalue weighted by Crippen LogP contribution is 2.43. The number of hydrogen-bond donors (Lipinski definition) is 1. The Labute approximate surface area is 234 Å². The van der Waals surface area contributed by atoms with Crippen LogP contribution in [0.15, 0.2) is 89.3 Å². The first-order valence-corrected chi connectivity index (χ1v) is 13.2. The molecule has 1 amide bonds. The number of carbonyl (C=O) groups is 1. The predicted molar refractivity (Wildman–Crippen MR) is 148 cm³/mol. The van der Waals surface area contributed by atoms with Gasteiger partial charge in [-0.1, -0.05) is 36.4 Å². The van der Waals surface area contributed by atoms with Crippen LogP contribution < -0.4 is 9.47 Å². The summed E-state index contributed by atoms with van der Waals surface area (Å²) in [6.45, 7) is 2.05. The lowest BCUT2D eigenvalue weighted by molar-refractivity contribution is -0.140. The van der Waals surface area contributed by atoms with E-state index in [9.17, 15) is 18.0 Å². The topological polar surface area (TPSA) is 67.7 Å². The van der Waals surface area contributed by atoms with Gasteiger partial charge in [0.15, 0.2) is 6.10 Å². The predicted octanol–water partition coefficient (Wildman–Crippen LogP) is 7.40. The summed E-state index contributed by atoms with van der Waals surface area (Å²) in [5.74, 6) is 1.40. The fourth-order valence-electron chi connectivity index (χ4n) is 5.50. The molecule has 0 bridgehead atoms. The normalized spacial score (nSPS) is 15.9. The molecule has 5 aromatic rings. The van der Waals surface area contributed by atoms with Gasteiger partial charge in [0.1, 0.15) is 29.1 Å². The molecular formula is C32H27F3N2O4. The number of carbonyl (C=O) groups excluding carboxylic acids is 1. The third-order valence-electron chi connectivity index (χ3n) is 7.42. The van der Waals surface area contributed by atoms with Gasteiger partial charge in [0.05, 0.1) is 18.4 Å². The lowest BCUT2D eigenvalue weighted by Crippen LogP contribution is -2.46. The summed E-state index contributed by atoms with van der Waals surface area (Å²) in [6.07, 6.45) is -4.80. The van der Waals surface area contributed by atoms with Gasteiger partial charge in [0.25, 0.3) is 5.91 Å². The van der Waals surface area contributed by atoms with Crippen LogP contribution in [0.2, 0.25) is 0 Å². The SMILES string of the molecule is COc1ccc2[nH]c3c(c2c1)CCN(C(=O)[C@H](C)Oc1ccccc1)[C@@H]3c1ccc(-c2ccccc2C(F)(F)F)o1. The monoisotopic (exact) mass is 560 g/mol. The minimum atomic E-state index is -4.55. The molecule has 0 spiro atoms. The first-order valence-electron chi connectivity index (χ1n) is 13.2. The third kappa shape index (κ3) is 4.92. The van der Waals surface area contributed by atoms with Gasteiger partial charge in [0, 0.05) is 23.0 Å². The minimum Gasteiger partial charge on any atom is -0.497 e. The zero-order chi connectivity index (χ0) is 28.7. The van der Waals surface area contributed by atoms with E-state index in [-0.39, 0.29) is 17.2 Å². The molecule has 2 aromatic heterocycles. The van der Waals surface area contributed by atoms with E-state index in [0.717, 1.165) is 28.2 Å². The summed E-state index contributed by atoms with van der Waals surface area (Å²) in [5.41, 5.74) is 1.74. The second kappa shape index (κ2) is 10.4. The van der Waals surface area contributed by atoms with Crippen molar-refractivity contribution in [3.05, 3.63) is 108 Å². The number of para-hydroxylation sites is 1. The molecule has 1 aliphatic rings. The zero-order valence-electron chi connectivity index (χ0n) is 22.4. The Morgan fingerprint density at radius 2 is 1.76 bits per heavy atom. The number of furan rings is 1. The number of halogens is 3. The highest BCUT2D eigenvalue weighted by atomic mass is 19.4. The second-order valence-electron chi connectivity index (χ2n) is 9.93. The number of nitrogens with zero attached hydrogens (tertiary/aromatic N) is 1. The molecule has 1 N–H and O–H groups in total. The summed E-state index contributed by atoms with van der Waals surface area (Å²) in [5, 5.41) is 0.958. The van der Waals surface area contributed by atoms with E-state index >= 15 is 0 Å². The summed E-state index contributed by atoms with van der Waals surface area (Å²) in [7, 11) is 1.60. The summed E-state index contributed by atoms with van der Waals surface area (Å²) < 4.78 is 58.9. The number of methoxy groups -OCH3 is 1. The number of ether oxygens (including phenoxy) is 2. The molecule has 3 aromatic carbocycles. The van der Waals surface area contributed by atoms with Gasteiger partial charge in [-0.2, -0.15) is 13.2 Å². The maximum atomic E-state index is 13.9. The van der Waals surface area contributed by atoms with E-state index < -0.39 is 23.9 Å². The number of benzene rings is 3. The average Bonchev–Trinajstić information content (AvgIpc) is 3.61. The van der Waals surface area contributed by atoms with Crippen LogP contribution in [-0.2, 0) is 17.4 Å². The molecule has 0 aliphatic carbocycles. The summed E-state index contributed by atoms with van der Waals surface area (Å²) >= 11 is 0. The van der Waals surface area contributed by atoms with Crippen molar-refractivity contribution in [2.45, 2.75) is 31.7 Å². The lowest BCUT2D eigenvalue weighted by Gasteiger charge is -2.36. The highest BCUT2D eigenvalue weighted by molar-refractivity contribution is 5.88. The molecule has 210 valence electrons. The molecule has 41 heavy (non-hydrogen) atoms. The smallest absolute Gasteiger partial charge is 0.417 e.